The molecule has 0 spiro atoms. The van der Waals surface area contributed by atoms with Gasteiger partial charge in [-0.05, 0) is 63.1 Å². The highest BCUT2D eigenvalue weighted by atomic mass is 32.2. The zero-order valence-electron chi connectivity index (χ0n) is 34.3. The molecule has 2 fully saturated rings. The van der Waals surface area contributed by atoms with Gasteiger partial charge in [0.05, 0.1) is 79.6 Å². The Kier molecular flexibility index (Phi) is 15.5. The number of aliphatic hydroxyl groups is 1. The Morgan fingerprint density at radius 3 is 1.93 bits per heavy atom. The molecular formula is C45H64O9S. The normalized spacial score (nSPS) is 29.3. The van der Waals surface area contributed by atoms with Crippen LogP contribution in [0.15, 0.2) is 89.8 Å². The van der Waals surface area contributed by atoms with Crippen LogP contribution in [0.1, 0.15) is 73.4 Å². The summed E-state index contributed by atoms with van der Waals surface area (Å²) in [6.45, 7) is 19.7. The van der Waals surface area contributed by atoms with E-state index in [9.17, 15) is 9.32 Å². The Morgan fingerprint density at radius 2 is 1.29 bits per heavy atom. The molecule has 2 aliphatic rings. The predicted molar refractivity (Wildman–Crippen MR) is 215 cm³/mol. The molecule has 2 aliphatic heterocycles. The Labute approximate surface area is 331 Å². The molecule has 2 saturated heterocycles. The van der Waals surface area contributed by atoms with E-state index >= 15 is 0 Å². The topological polar surface area (TPSA) is 102 Å². The van der Waals surface area contributed by atoms with Crippen LogP contribution in [-0.2, 0) is 52.4 Å². The van der Waals surface area contributed by atoms with Crippen molar-refractivity contribution in [1.29, 1.82) is 0 Å². The van der Waals surface area contributed by atoms with Crippen molar-refractivity contribution >= 4 is 10.8 Å². The second kappa shape index (κ2) is 19.7. The van der Waals surface area contributed by atoms with E-state index in [2.05, 4.69) is 39.8 Å². The van der Waals surface area contributed by atoms with Crippen LogP contribution in [0.25, 0.3) is 0 Å². The fourth-order valence-electron chi connectivity index (χ4n) is 8.33. The van der Waals surface area contributed by atoms with Crippen molar-refractivity contribution in [3.8, 4) is 5.75 Å². The summed E-state index contributed by atoms with van der Waals surface area (Å²) in [6.07, 6.45) is -3.36. The number of aliphatic hydroxyl groups excluding tert-OH is 1. The summed E-state index contributed by atoms with van der Waals surface area (Å²) >= 11 is 0. The molecule has 0 saturated carbocycles. The van der Waals surface area contributed by atoms with Crippen LogP contribution >= 0.6 is 0 Å². The van der Waals surface area contributed by atoms with Gasteiger partial charge in [-0.3, -0.25) is 4.21 Å². The van der Waals surface area contributed by atoms with Gasteiger partial charge >= 0.3 is 0 Å². The third-order valence-electron chi connectivity index (χ3n) is 11.5. The minimum Gasteiger partial charge on any atom is -0.497 e. The van der Waals surface area contributed by atoms with Crippen LogP contribution in [-0.4, -0.2) is 77.0 Å². The number of rotatable bonds is 17. The maximum absolute atomic E-state index is 14.8. The maximum atomic E-state index is 14.8. The van der Waals surface area contributed by atoms with Gasteiger partial charge in [-0.2, -0.15) is 0 Å². The zero-order chi connectivity index (χ0) is 39.9. The van der Waals surface area contributed by atoms with Crippen LogP contribution in [0.2, 0.25) is 0 Å². The molecule has 4 unspecified atom stereocenters. The van der Waals surface area contributed by atoms with E-state index < -0.39 is 40.3 Å². The minimum absolute atomic E-state index is 0.0317. The predicted octanol–water partition coefficient (Wildman–Crippen LogP) is 8.19. The van der Waals surface area contributed by atoms with Gasteiger partial charge in [-0.15, -0.1) is 0 Å². The van der Waals surface area contributed by atoms with Crippen molar-refractivity contribution in [3.05, 3.63) is 96.1 Å². The lowest BCUT2D eigenvalue weighted by Gasteiger charge is -2.51. The zero-order valence-corrected chi connectivity index (χ0v) is 35.1. The molecular weight excluding hydrogens is 717 g/mol. The van der Waals surface area contributed by atoms with E-state index in [4.69, 9.17) is 33.2 Å². The lowest BCUT2D eigenvalue weighted by molar-refractivity contribution is -0.337. The third-order valence-corrected chi connectivity index (χ3v) is 13.5. The van der Waals surface area contributed by atoms with Crippen molar-refractivity contribution in [1.82, 2.24) is 0 Å². The van der Waals surface area contributed by atoms with E-state index in [0.717, 1.165) is 16.9 Å². The highest BCUT2D eigenvalue weighted by molar-refractivity contribution is 7.85. The molecule has 3 aromatic carbocycles. The number of ether oxygens (including phenoxy) is 7. The average molecular weight is 781 g/mol. The fraction of sp³-hybridized carbons (Fsp3) is 0.600. The molecule has 2 heterocycles. The molecule has 0 aliphatic carbocycles. The second-order valence-corrected chi connectivity index (χ2v) is 17.8. The highest BCUT2D eigenvalue weighted by Crippen LogP contribution is 2.42. The molecule has 0 aromatic heterocycles. The Hall–Kier alpha value is -2.67. The van der Waals surface area contributed by atoms with Crippen molar-refractivity contribution in [2.75, 3.05) is 13.7 Å². The number of benzene rings is 3. The fourth-order valence-corrected chi connectivity index (χ4v) is 10.0. The van der Waals surface area contributed by atoms with Crippen LogP contribution in [0.4, 0.5) is 0 Å². The van der Waals surface area contributed by atoms with Gasteiger partial charge in [-0.1, -0.05) is 95.3 Å². The Bertz CT molecular complexity index is 1610. The monoisotopic (exact) mass is 780 g/mol. The van der Waals surface area contributed by atoms with Gasteiger partial charge < -0.3 is 38.3 Å². The first kappa shape index (κ1) is 43.5. The number of hydrogen-bond donors (Lipinski definition) is 1. The van der Waals surface area contributed by atoms with Crippen LogP contribution in [0.5, 0.6) is 5.75 Å². The van der Waals surface area contributed by atoms with Gasteiger partial charge in [0, 0.05) is 34.5 Å². The summed E-state index contributed by atoms with van der Waals surface area (Å²) in [5.74, 6) is -0.780. The Balaban J connectivity index is 1.35. The van der Waals surface area contributed by atoms with Crippen molar-refractivity contribution in [2.24, 2.45) is 29.6 Å². The first-order valence-corrected chi connectivity index (χ1v) is 21.1. The molecule has 0 bridgehead atoms. The van der Waals surface area contributed by atoms with Crippen molar-refractivity contribution in [3.63, 3.8) is 0 Å². The number of hydrogen-bond acceptors (Lipinski definition) is 9. The summed E-state index contributed by atoms with van der Waals surface area (Å²) in [4.78, 5) is 0.648. The number of methoxy groups -OCH3 is 1. The molecule has 55 heavy (non-hydrogen) atoms. The standard InChI is InChI=1S/C45H64O9S/c1-28(25-49-26-35-17-13-11-14-18-35)40-30(3)42(54-45(8,9)53-40)32(5)44(55(47)38-19-15-12-16-20-38)39(46)43-31(4)41(51-34(7)52-43)29(2)33(6)50-27-36-21-23-37(48-10)24-22-36/h11-24,28-34,39-44,46H,25-27H2,1-10H3/t28-,29-,30-,31+,32+,33+,34?,39?,40+,41-,42+,43+,44?,55?/m0/s1. The molecule has 3 aromatic rings. The Morgan fingerprint density at radius 1 is 0.727 bits per heavy atom. The van der Waals surface area contributed by atoms with Gasteiger partial charge in [0.2, 0.25) is 0 Å². The lowest BCUT2D eigenvalue weighted by Crippen LogP contribution is -2.60. The molecule has 304 valence electrons. The molecule has 1 N–H and O–H groups in total. The maximum Gasteiger partial charge on any atom is 0.163 e. The first-order valence-electron chi connectivity index (χ1n) is 19.9. The minimum atomic E-state index is -1.61. The van der Waals surface area contributed by atoms with Crippen molar-refractivity contribution < 1.29 is 42.5 Å². The van der Waals surface area contributed by atoms with E-state index in [1.54, 1.807) is 7.11 Å². The molecule has 5 rings (SSSR count). The van der Waals surface area contributed by atoms with E-state index in [-0.39, 0.29) is 54.0 Å². The quantitative estimate of drug-likeness (QED) is 0.145. The smallest absolute Gasteiger partial charge is 0.163 e. The molecule has 0 amide bonds. The summed E-state index contributed by atoms with van der Waals surface area (Å²) in [5.41, 5.74) is 2.17. The summed E-state index contributed by atoms with van der Waals surface area (Å²) in [7, 11) is 0.0460. The van der Waals surface area contributed by atoms with Gasteiger partial charge in [0.15, 0.2) is 12.1 Å². The summed E-state index contributed by atoms with van der Waals surface area (Å²) in [6, 6.07) is 27.4. The van der Waals surface area contributed by atoms with Gasteiger partial charge in [-0.25, -0.2) is 0 Å². The third kappa shape index (κ3) is 11.0. The molecule has 0 radical (unpaired) electrons. The highest BCUT2D eigenvalue weighted by Gasteiger charge is 2.52. The molecule has 14 atom stereocenters. The lowest BCUT2D eigenvalue weighted by atomic mass is 9.78. The molecule has 10 heteroatoms. The largest absolute Gasteiger partial charge is 0.497 e. The van der Waals surface area contributed by atoms with E-state index in [1.165, 1.54) is 0 Å². The van der Waals surface area contributed by atoms with Gasteiger partial charge in [0.25, 0.3) is 0 Å². The van der Waals surface area contributed by atoms with Crippen molar-refractivity contribution in [2.45, 2.75) is 134 Å². The van der Waals surface area contributed by atoms with Crippen LogP contribution in [0.3, 0.4) is 0 Å². The van der Waals surface area contributed by atoms with E-state index in [1.807, 2.05) is 107 Å². The van der Waals surface area contributed by atoms with Crippen LogP contribution in [0, 0.1) is 29.6 Å². The summed E-state index contributed by atoms with van der Waals surface area (Å²) < 4.78 is 58.8. The first-order chi connectivity index (χ1) is 26.2. The van der Waals surface area contributed by atoms with E-state index in [0.29, 0.717) is 24.7 Å². The average Bonchev–Trinajstić information content (AvgIpc) is 3.18. The molecule has 9 nitrogen and oxygen atoms in total. The SMILES string of the molecule is COc1ccc(CO[C@H](C)[C@H](C)[C@@H]2OC(C)O[C@@H](C(O)C([C@H](C)[C@@H]3OC(C)(C)O[C@H]([C@@H](C)COCc4ccccc4)[C@@H]3C)S(=O)c3ccccc3)[C@@H]2C)cc1. The van der Waals surface area contributed by atoms with Gasteiger partial charge in [0.1, 0.15) is 5.75 Å². The van der Waals surface area contributed by atoms with Crippen LogP contribution < -0.4 is 4.74 Å². The second-order valence-electron chi connectivity index (χ2n) is 16.2. The summed E-state index contributed by atoms with van der Waals surface area (Å²) in [5, 5.41) is 11.9.